The van der Waals surface area contributed by atoms with Crippen LogP contribution < -0.4 is 0 Å². The van der Waals surface area contributed by atoms with Crippen molar-refractivity contribution in [3.05, 3.63) is 36.0 Å². The average molecular weight is 307 g/mol. The molecule has 0 aliphatic carbocycles. The van der Waals surface area contributed by atoms with Gasteiger partial charge in [0.15, 0.2) is 0 Å². The maximum absolute atomic E-state index is 12.5. The van der Waals surface area contributed by atoms with Gasteiger partial charge in [0.25, 0.3) is 0 Å². The Hall–Kier alpha value is -1.73. The molecule has 112 valence electrons. The molecule has 6 nitrogen and oxygen atoms in total. The zero-order valence-electron chi connectivity index (χ0n) is 12.1. The largest absolute Gasteiger partial charge is 0.371 e. The summed E-state index contributed by atoms with van der Waals surface area (Å²) in [6.07, 6.45) is 1.52. The number of aromatic nitrogens is 3. The molecule has 0 amide bonds. The molecule has 21 heavy (non-hydrogen) atoms. The predicted molar refractivity (Wildman–Crippen MR) is 75.7 cm³/mol. The Morgan fingerprint density at radius 2 is 1.90 bits per heavy atom. The number of epoxide rings is 1. The molecule has 0 saturated carbocycles. The van der Waals surface area contributed by atoms with Crippen molar-refractivity contribution in [1.29, 1.82) is 0 Å². The van der Waals surface area contributed by atoms with Gasteiger partial charge in [-0.25, -0.2) is 13.1 Å². The lowest BCUT2D eigenvalue weighted by atomic mass is 10.0. The second-order valence-corrected chi connectivity index (χ2v) is 7.69. The van der Waals surface area contributed by atoms with Gasteiger partial charge in [-0.1, -0.05) is 22.9 Å². The van der Waals surface area contributed by atoms with Crippen molar-refractivity contribution in [2.24, 2.45) is 0 Å². The number of aryl methyl sites for hydroxylation is 1. The van der Waals surface area contributed by atoms with Gasteiger partial charge in [-0.3, -0.25) is 0 Å². The SMILES string of the molecule is Cc1ccc(S(=O)(=O)c2cn(C(C)(C)[C@@H]3CO3)nn2)cc1. The lowest BCUT2D eigenvalue weighted by Crippen LogP contribution is -2.33. The number of hydrogen-bond acceptors (Lipinski definition) is 5. The van der Waals surface area contributed by atoms with Gasteiger partial charge in [-0.05, 0) is 32.9 Å². The van der Waals surface area contributed by atoms with Gasteiger partial charge in [0.05, 0.1) is 23.2 Å². The van der Waals surface area contributed by atoms with E-state index in [9.17, 15) is 8.42 Å². The van der Waals surface area contributed by atoms with Crippen LogP contribution in [0.25, 0.3) is 0 Å². The number of rotatable bonds is 4. The normalized spacial score (nSPS) is 18.7. The summed E-state index contributed by atoms with van der Waals surface area (Å²) in [7, 11) is -3.64. The molecule has 0 N–H and O–H groups in total. The first-order valence-corrected chi connectivity index (χ1v) is 8.16. The van der Waals surface area contributed by atoms with Crippen molar-refractivity contribution in [2.75, 3.05) is 6.61 Å². The number of sulfone groups is 1. The minimum Gasteiger partial charge on any atom is -0.371 e. The number of hydrogen-bond donors (Lipinski definition) is 0. The fraction of sp³-hybridized carbons (Fsp3) is 0.429. The molecule has 0 spiro atoms. The highest BCUT2D eigenvalue weighted by Gasteiger charge is 2.42. The van der Waals surface area contributed by atoms with Crippen LogP contribution in [-0.4, -0.2) is 36.1 Å². The van der Waals surface area contributed by atoms with E-state index in [0.717, 1.165) is 5.56 Å². The molecule has 1 aromatic heterocycles. The molecule has 1 fully saturated rings. The van der Waals surface area contributed by atoms with E-state index in [0.29, 0.717) is 6.61 Å². The predicted octanol–water partition coefficient (Wildman–Crippen LogP) is 1.55. The van der Waals surface area contributed by atoms with Crippen LogP contribution in [0.5, 0.6) is 0 Å². The van der Waals surface area contributed by atoms with Crippen LogP contribution in [0.3, 0.4) is 0 Å². The Morgan fingerprint density at radius 1 is 1.29 bits per heavy atom. The van der Waals surface area contributed by atoms with Crippen molar-refractivity contribution in [2.45, 2.75) is 42.3 Å². The van der Waals surface area contributed by atoms with Crippen molar-refractivity contribution in [1.82, 2.24) is 15.0 Å². The zero-order chi connectivity index (χ0) is 15.3. The van der Waals surface area contributed by atoms with E-state index in [-0.39, 0.29) is 16.0 Å². The van der Waals surface area contributed by atoms with Crippen LogP contribution in [0.4, 0.5) is 0 Å². The maximum atomic E-state index is 12.5. The first-order chi connectivity index (χ1) is 9.81. The van der Waals surface area contributed by atoms with E-state index in [2.05, 4.69) is 10.3 Å². The summed E-state index contributed by atoms with van der Waals surface area (Å²) < 4.78 is 31.9. The second-order valence-electron chi connectivity index (χ2n) is 5.79. The van der Waals surface area contributed by atoms with Gasteiger partial charge < -0.3 is 4.74 Å². The summed E-state index contributed by atoms with van der Waals surface area (Å²) in [6, 6.07) is 6.69. The molecule has 0 radical (unpaired) electrons. The van der Waals surface area contributed by atoms with Crippen LogP contribution in [0, 0.1) is 6.92 Å². The van der Waals surface area contributed by atoms with Crippen molar-refractivity contribution < 1.29 is 13.2 Å². The molecule has 1 aromatic carbocycles. The molecule has 7 heteroatoms. The third kappa shape index (κ3) is 2.47. The molecule has 1 saturated heterocycles. The molecule has 2 aromatic rings. The highest BCUT2D eigenvalue weighted by molar-refractivity contribution is 7.91. The van der Waals surface area contributed by atoms with Gasteiger partial charge in [-0.2, -0.15) is 0 Å². The highest BCUT2D eigenvalue weighted by atomic mass is 32.2. The molecule has 0 unspecified atom stereocenters. The van der Waals surface area contributed by atoms with Gasteiger partial charge in [0.1, 0.15) is 6.10 Å². The van der Waals surface area contributed by atoms with Gasteiger partial charge in [0, 0.05) is 0 Å². The van der Waals surface area contributed by atoms with Crippen LogP contribution in [0.15, 0.2) is 40.4 Å². The summed E-state index contributed by atoms with van der Waals surface area (Å²) in [4.78, 5) is 0.223. The Bertz CT molecular complexity index is 759. The minimum atomic E-state index is -3.64. The third-order valence-corrected chi connectivity index (χ3v) is 5.42. The fourth-order valence-corrected chi connectivity index (χ4v) is 3.21. The lowest BCUT2D eigenvalue weighted by molar-refractivity contribution is 0.220. The number of ether oxygens (including phenoxy) is 1. The average Bonchev–Trinajstić information content (AvgIpc) is 3.16. The van der Waals surface area contributed by atoms with E-state index in [1.54, 1.807) is 28.9 Å². The van der Waals surface area contributed by atoms with Crippen molar-refractivity contribution >= 4 is 9.84 Å². The summed E-state index contributed by atoms with van der Waals surface area (Å²) in [5.41, 5.74) is 0.596. The second kappa shape index (κ2) is 4.64. The number of benzene rings is 1. The van der Waals surface area contributed by atoms with Gasteiger partial charge in [0.2, 0.25) is 14.9 Å². The topological polar surface area (TPSA) is 77.4 Å². The highest BCUT2D eigenvalue weighted by Crippen LogP contribution is 2.31. The van der Waals surface area contributed by atoms with E-state index in [1.165, 1.54) is 6.20 Å². The van der Waals surface area contributed by atoms with Crippen LogP contribution >= 0.6 is 0 Å². The van der Waals surface area contributed by atoms with Crippen molar-refractivity contribution in [3.63, 3.8) is 0 Å². The van der Waals surface area contributed by atoms with E-state index in [4.69, 9.17) is 4.74 Å². The van der Waals surface area contributed by atoms with Gasteiger partial charge in [-0.15, -0.1) is 5.10 Å². The third-order valence-electron chi connectivity index (χ3n) is 3.79. The monoisotopic (exact) mass is 307 g/mol. The Labute approximate surface area is 123 Å². The zero-order valence-corrected chi connectivity index (χ0v) is 13.0. The molecule has 1 aliphatic rings. The Morgan fingerprint density at radius 3 is 2.48 bits per heavy atom. The molecule has 1 atom stereocenters. The molecule has 2 heterocycles. The maximum Gasteiger partial charge on any atom is 0.227 e. The first-order valence-electron chi connectivity index (χ1n) is 6.68. The summed E-state index contributed by atoms with van der Waals surface area (Å²) in [6.45, 7) is 6.46. The van der Waals surface area contributed by atoms with Crippen molar-refractivity contribution in [3.8, 4) is 0 Å². The molecule has 3 rings (SSSR count). The van der Waals surface area contributed by atoms with Gasteiger partial charge >= 0.3 is 0 Å². The first kappa shape index (κ1) is 14.2. The standard InChI is InChI=1S/C14H17N3O3S/c1-10-4-6-11(7-5-10)21(18,19)13-8-17(16-15-13)14(2,3)12-9-20-12/h4-8,12H,9H2,1-3H3/t12-/m0/s1. The van der Waals surface area contributed by atoms with E-state index in [1.807, 2.05) is 20.8 Å². The lowest BCUT2D eigenvalue weighted by Gasteiger charge is -2.21. The molecule has 0 bridgehead atoms. The summed E-state index contributed by atoms with van der Waals surface area (Å²) in [5.74, 6) is 0. The number of nitrogens with zero attached hydrogens (tertiary/aromatic N) is 3. The van der Waals surface area contributed by atoms with E-state index >= 15 is 0 Å². The summed E-state index contributed by atoms with van der Waals surface area (Å²) >= 11 is 0. The Kier molecular flexibility index (Phi) is 3.14. The Balaban J connectivity index is 1.97. The summed E-state index contributed by atoms with van der Waals surface area (Å²) in [5, 5.41) is 7.76. The van der Waals surface area contributed by atoms with Crippen LogP contribution in [0.1, 0.15) is 19.4 Å². The molecule has 1 aliphatic heterocycles. The van der Waals surface area contributed by atoms with E-state index < -0.39 is 15.4 Å². The van der Waals surface area contributed by atoms with Crippen LogP contribution in [-0.2, 0) is 20.1 Å². The molecular formula is C14H17N3O3S. The van der Waals surface area contributed by atoms with Crippen LogP contribution in [0.2, 0.25) is 0 Å². The quantitative estimate of drug-likeness (QED) is 0.801. The molecular weight excluding hydrogens is 290 g/mol. The minimum absolute atomic E-state index is 0.0416. The fourth-order valence-electron chi connectivity index (χ4n) is 2.09. The smallest absolute Gasteiger partial charge is 0.227 e.